The third kappa shape index (κ3) is 4.06. The minimum absolute atomic E-state index is 0.0718. The van der Waals surface area contributed by atoms with Gasteiger partial charge in [0.2, 0.25) is 0 Å². The van der Waals surface area contributed by atoms with Crippen LogP contribution in [-0.2, 0) is 4.79 Å². The van der Waals surface area contributed by atoms with Crippen molar-refractivity contribution in [1.29, 1.82) is 0 Å². The second kappa shape index (κ2) is 6.91. The molecule has 1 amide bonds. The van der Waals surface area contributed by atoms with Crippen molar-refractivity contribution in [3.8, 4) is 5.75 Å². The minimum Gasteiger partial charge on any atom is -0.477 e. The zero-order chi connectivity index (χ0) is 17.0. The van der Waals surface area contributed by atoms with Crippen molar-refractivity contribution in [3.63, 3.8) is 0 Å². The fourth-order valence-corrected chi connectivity index (χ4v) is 2.03. The van der Waals surface area contributed by atoms with E-state index in [2.05, 4.69) is 10.4 Å². The first-order valence-electron chi connectivity index (χ1n) is 7.09. The number of aromatic nitrogens is 2. The minimum atomic E-state index is -0.541. The van der Waals surface area contributed by atoms with Crippen LogP contribution in [-0.4, -0.2) is 27.2 Å². The molecule has 2 aromatic rings. The first-order chi connectivity index (χ1) is 10.9. The van der Waals surface area contributed by atoms with Gasteiger partial charge in [-0.2, -0.15) is 5.10 Å². The van der Waals surface area contributed by atoms with Gasteiger partial charge in [0.25, 0.3) is 5.91 Å². The summed E-state index contributed by atoms with van der Waals surface area (Å²) < 4.78 is 6.97. The van der Waals surface area contributed by atoms with Gasteiger partial charge in [0.15, 0.2) is 12.4 Å². The monoisotopic (exact) mass is 318 g/mol. The van der Waals surface area contributed by atoms with Crippen LogP contribution in [0.5, 0.6) is 5.75 Å². The predicted molar refractivity (Wildman–Crippen MR) is 84.6 cm³/mol. The highest BCUT2D eigenvalue weighted by Gasteiger charge is 2.17. The average molecular weight is 318 g/mol. The van der Waals surface area contributed by atoms with Crippen molar-refractivity contribution in [3.05, 3.63) is 46.1 Å². The SMILES string of the molecule is Cc1ccc([N+](=O)[O-])c(OCC(=O)Nc2ccnn2C(C)C)c1. The highest BCUT2D eigenvalue weighted by atomic mass is 16.6. The Morgan fingerprint density at radius 2 is 2.17 bits per heavy atom. The molecule has 8 nitrogen and oxygen atoms in total. The molecule has 0 aliphatic heterocycles. The quantitative estimate of drug-likeness (QED) is 0.652. The third-order valence-corrected chi connectivity index (χ3v) is 3.10. The van der Waals surface area contributed by atoms with Gasteiger partial charge in [-0.25, -0.2) is 4.68 Å². The number of nitrogens with zero attached hydrogens (tertiary/aromatic N) is 3. The Labute approximate surface area is 133 Å². The van der Waals surface area contributed by atoms with Crippen LogP contribution >= 0.6 is 0 Å². The Balaban J connectivity index is 2.04. The summed E-state index contributed by atoms with van der Waals surface area (Å²) in [7, 11) is 0. The molecule has 1 aromatic heterocycles. The number of nitrogens with one attached hydrogen (secondary N) is 1. The Morgan fingerprint density at radius 3 is 2.83 bits per heavy atom. The maximum Gasteiger partial charge on any atom is 0.310 e. The molecule has 23 heavy (non-hydrogen) atoms. The van der Waals surface area contributed by atoms with E-state index in [0.717, 1.165) is 5.56 Å². The molecule has 1 aromatic carbocycles. The fourth-order valence-electron chi connectivity index (χ4n) is 2.03. The van der Waals surface area contributed by atoms with Gasteiger partial charge in [-0.05, 0) is 32.4 Å². The summed E-state index contributed by atoms with van der Waals surface area (Å²) in [6, 6.07) is 6.28. The lowest BCUT2D eigenvalue weighted by Gasteiger charge is -2.12. The van der Waals surface area contributed by atoms with E-state index in [1.54, 1.807) is 29.9 Å². The standard InChI is InChI=1S/C15H18N4O4/c1-10(2)18-14(6-7-16-18)17-15(20)9-23-13-8-11(3)4-5-12(13)19(21)22/h4-8,10H,9H2,1-3H3,(H,17,20). The molecule has 0 atom stereocenters. The predicted octanol–water partition coefficient (Wildman–Crippen LogP) is 2.70. The number of anilines is 1. The Morgan fingerprint density at radius 1 is 1.43 bits per heavy atom. The molecule has 0 unspecified atom stereocenters. The zero-order valence-electron chi connectivity index (χ0n) is 13.1. The number of nitro benzene ring substituents is 1. The molecular weight excluding hydrogens is 300 g/mol. The summed E-state index contributed by atoms with van der Waals surface area (Å²) in [5, 5.41) is 17.7. The highest BCUT2D eigenvalue weighted by Crippen LogP contribution is 2.27. The van der Waals surface area contributed by atoms with Gasteiger partial charge in [-0.3, -0.25) is 14.9 Å². The number of rotatable bonds is 6. The summed E-state index contributed by atoms with van der Waals surface area (Å²) in [5.74, 6) is 0.207. The van der Waals surface area contributed by atoms with Crippen LogP contribution in [0, 0.1) is 17.0 Å². The second-order valence-corrected chi connectivity index (χ2v) is 5.32. The van der Waals surface area contributed by atoms with Crippen LogP contribution in [0.4, 0.5) is 11.5 Å². The number of carbonyl (C=O) groups is 1. The first-order valence-corrected chi connectivity index (χ1v) is 7.09. The van der Waals surface area contributed by atoms with Crippen LogP contribution in [0.2, 0.25) is 0 Å². The number of aryl methyl sites for hydroxylation is 1. The number of nitro groups is 1. The van der Waals surface area contributed by atoms with Gasteiger partial charge < -0.3 is 10.1 Å². The van der Waals surface area contributed by atoms with Crippen molar-refractivity contribution >= 4 is 17.4 Å². The molecule has 0 spiro atoms. The Bertz CT molecular complexity index is 724. The zero-order valence-corrected chi connectivity index (χ0v) is 13.1. The van der Waals surface area contributed by atoms with E-state index in [1.807, 2.05) is 13.8 Å². The molecule has 8 heteroatoms. The van der Waals surface area contributed by atoms with Gasteiger partial charge in [-0.15, -0.1) is 0 Å². The van der Waals surface area contributed by atoms with Crippen molar-refractivity contribution in [1.82, 2.24) is 9.78 Å². The highest BCUT2D eigenvalue weighted by molar-refractivity contribution is 5.91. The molecule has 122 valence electrons. The molecule has 0 aliphatic rings. The number of hydrogen-bond donors (Lipinski definition) is 1. The summed E-state index contributed by atoms with van der Waals surface area (Å²) >= 11 is 0. The van der Waals surface area contributed by atoms with E-state index in [-0.39, 0.29) is 24.1 Å². The van der Waals surface area contributed by atoms with Gasteiger partial charge in [0.1, 0.15) is 5.82 Å². The molecule has 0 saturated carbocycles. The third-order valence-electron chi connectivity index (χ3n) is 3.10. The molecule has 0 fully saturated rings. The summed E-state index contributed by atoms with van der Waals surface area (Å²) in [6.07, 6.45) is 1.59. The molecule has 0 aliphatic carbocycles. The average Bonchev–Trinajstić information content (AvgIpc) is 2.93. The van der Waals surface area contributed by atoms with E-state index in [9.17, 15) is 14.9 Å². The van der Waals surface area contributed by atoms with E-state index in [1.165, 1.54) is 12.1 Å². The maximum atomic E-state index is 12.0. The normalized spacial score (nSPS) is 10.6. The lowest BCUT2D eigenvalue weighted by Crippen LogP contribution is -2.22. The van der Waals surface area contributed by atoms with E-state index in [4.69, 9.17) is 4.74 Å². The van der Waals surface area contributed by atoms with Crippen LogP contribution in [0.1, 0.15) is 25.5 Å². The molecule has 1 heterocycles. The largest absolute Gasteiger partial charge is 0.477 e. The van der Waals surface area contributed by atoms with Crippen molar-refractivity contribution in [2.75, 3.05) is 11.9 Å². The summed E-state index contributed by atoms with van der Waals surface area (Å²) in [6.45, 7) is 5.34. The fraction of sp³-hybridized carbons (Fsp3) is 0.333. The number of hydrogen-bond acceptors (Lipinski definition) is 5. The lowest BCUT2D eigenvalue weighted by atomic mass is 10.2. The van der Waals surface area contributed by atoms with Crippen molar-refractivity contribution < 1.29 is 14.5 Å². The van der Waals surface area contributed by atoms with E-state index < -0.39 is 10.8 Å². The van der Waals surface area contributed by atoms with Gasteiger partial charge >= 0.3 is 5.69 Å². The molecule has 2 rings (SSSR count). The summed E-state index contributed by atoms with van der Waals surface area (Å²) in [4.78, 5) is 22.4. The Hall–Kier alpha value is -2.90. The maximum absolute atomic E-state index is 12.0. The van der Waals surface area contributed by atoms with Crippen LogP contribution in [0.15, 0.2) is 30.5 Å². The topological polar surface area (TPSA) is 99.3 Å². The Kier molecular flexibility index (Phi) is 4.95. The number of carbonyl (C=O) groups excluding carboxylic acids is 1. The molecule has 0 radical (unpaired) electrons. The van der Waals surface area contributed by atoms with Gasteiger partial charge in [-0.1, -0.05) is 6.07 Å². The molecular formula is C15H18N4O4. The van der Waals surface area contributed by atoms with Crippen LogP contribution in [0.25, 0.3) is 0 Å². The van der Waals surface area contributed by atoms with E-state index >= 15 is 0 Å². The number of amides is 1. The number of ether oxygens (including phenoxy) is 1. The number of benzene rings is 1. The van der Waals surface area contributed by atoms with E-state index in [0.29, 0.717) is 5.82 Å². The first kappa shape index (κ1) is 16.5. The van der Waals surface area contributed by atoms with Crippen molar-refractivity contribution in [2.24, 2.45) is 0 Å². The second-order valence-electron chi connectivity index (χ2n) is 5.32. The molecule has 1 N–H and O–H groups in total. The van der Waals surface area contributed by atoms with Gasteiger partial charge in [0.05, 0.1) is 11.1 Å². The van der Waals surface area contributed by atoms with Gasteiger partial charge in [0, 0.05) is 18.2 Å². The lowest BCUT2D eigenvalue weighted by molar-refractivity contribution is -0.385. The molecule has 0 bridgehead atoms. The van der Waals surface area contributed by atoms with Crippen molar-refractivity contribution in [2.45, 2.75) is 26.8 Å². The summed E-state index contributed by atoms with van der Waals surface area (Å²) in [5.41, 5.74) is 0.638. The smallest absolute Gasteiger partial charge is 0.310 e. The van der Waals surface area contributed by atoms with Crippen LogP contribution < -0.4 is 10.1 Å². The molecule has 0 saturated heterocycles. The van der Waals surface area contributed by atoms with Crippen LogP contribution in [0.3, 0.4) is 0 Å².